The second-order valence-electron chi connectivity index (χ2n) is 4.36. The van der Waals surface area contributed by atoms with Crippen LogP contribution in [0, 0.1) is 11.8 Å². The van der Waals surface area contributed by atoms with Gasteiger partial charge in [0.25, 0.3) is 0 Å². The van der Waals surface area contributed by atoms with Crippen LogP contribution in [0.1, 0.15) is 33.6 Å². The van der Waals surface area contributed by atoms with Crippen LogP contribution in [0.3, 0.4) is 0 Å². The molecule has 0 heterocycles. The van der Waals surface area contributed by atoms with Gasteiger partial charge < -0.3 is 16.2 Å². The van der Waals surface area contributed by atoms with Gasteiger partial charge in [0.1, 0.15) is 0 Å². The van der Waals surface area contributed by atoms with Crippen LogP contribution in [0.5, 0.6) is 0 Å². The van der Waals surface area contributed by atoms with Crippen molar-refractivity contribution in [2.75, 3.05) is 6.54 Å². The highest BCUT2D eigenvalue weighted by molar-refractivity contribution is 5.77. The van der Waals surface area contributed by atoms with Crippen LogP contribution in [0.15, 0.2) is 0 Å². The summed E-state index contributed by atoms with van der Waals surface area (Å²) < 4.78 is 0. The fraction of sp³-hybridized carbons (Fsp3) is 0.818. The number of amides is 1. The van der Waals surface area contributed by atoms with E-state index in [1.807, 2.05) is 13.8 Å². The Hall–Kier alpha value is -1.10. The Labute approximate surface area is 96.4 Å². The average Bonchev–Trinajstić information content (AvgIpc) is 2.17. The third kappa shape index (κ3) is 5.70. The van der Waals surface area contributed by atoms with Crippen molar-refractivity contribution in [3.63, 3.8) is 0 Å². The maximum Gasteiger partial charge on any atom is 0.308 e. The van der Waals surface area contributed by atoms with Gasteiger partial charge in [0.05, 0.1) is 5.92 Å². The van der Waals surface area contributed by atoms with Crippen molar-refractivity contribution in [1.29, 1.82) is 0 Å². The summed E-state index contributed by atoms with van der Waals surface area (Å²) in [6.45, 7) is 5.86. The summed E-state index contributed by atoms with van der Waals surface area (Å²) in [5, 5.41) is 11.4. The Kier molecular flexibility index (Phi) is 6.72. The molecule has 0 aliphatic carbocycles. The Morgan fingerprint density at radius 1 is 1.38 bits per heavy atom. The number of carbonyl (C=O) groups excluding carboxylic acids is 1. The predicted molar refractivity (Wildman–Crippen MR) is 61.9 cm³/mol. The molecule has 4 N–H and O–H groups in total. The van der Waals surface area contributed by atoms with Crippen LogP contribution in [0.25, 0.3) is 0 Å². The maximum atomic E-state index is 11.4. The van der Waals surface area contributed by atoms with Crippen LogP contribution >= 0.6 is 0 Å². The summed E-state index contributed by atoms with van der Waals surface area (Å²) in [7, 11) is 0. The number of aliphatic carboxylic acids is 1. The number of nitrogens with two attached hydrogens (primary N) is 1. The number of nitrogens with one attached hydrogen (secondary N) is 1. The highest BCUT2D eigenvalue weighted by Crippen LogP contribution is 2.04. The molecule has 5 nitrogen and oxygen atoms in total. The third-order valence-electron chi connectivity index (χ3n) is 2.67. The van der Waals surface area contributed by atoms with Crippen molar-refractivity contribution >= 4 is 11.9 Å². The molecule has 0 saturated carbocycles. The van der Waals surface area contributed by atoms with E-state index in [-0.39, 0.29) is 30.8 Å². The SMILES string of the molecule is CCC(CNC(=O)CC(N)C(C)C)C(=O)O. The fourth-order valence-corrected chi connectivity index (χ4v) is 1.17. The zero-order valence-corrected chi connectivity index (χ0v) is 10.2. The minimum atomic E-state index is -0.879. The number of carboxylic acid groups (broad SMARTS) is 1. The van der Waals surface area contributed by atoms with Gasteiger partial charge in [-0.15, -0.1) is 0 Å². The van der Waals surface area contributed by atoms with E-state index in [1.165, 1.54) is 0 Å². The van der Waals surface area contributed by atoms with E-state index >= 15 is 0 Å². The van der Waals surface area contributed by atoms with Crippen LogP contribution in [-0.4, -0.2) is 29.6 Å². The average molecular weight is 230 g/mol. The molecule has 0 saturated heterocycles. The summed E-state index contributed by atoms with van der Waals surface area (Å²) >= 11 is 0. The lowest BCUT2D eigenvalue weighted by Crippen LogP contribution is -2.38. The lowest BCUT2D eigenvalue weighted by molar-refractivity contribution is -0.141. The second-order valence-corrected chi connectivity index (χ2v) is 4.36. The standard InChI is InChI=1S/C11H22N2O3/c1-4-8(11(15)16)6-13-10(14)5-9(12)7(2)3/h7-9H,4-6,12H2,1-3H3,(H,13,14)(H,15,16). The van der Waals surface area contributed by atoms with Crippen LogP contribution in [0.4, 0.5) is 0 Å². The number of hydrogen-bond acceptors (Lipinski definition) is 3. The zero-order valence-electron chi connectivity index (χ0n) is 10.2. The molecule has 94 valence electrons. The quantitative estimate of drug-likeness (QED) is 0.596. The van der Waals surface area contributed by atoms with E-state index in [0.717, 1.165) is 0 Å². The second kappa shape index (κ2) is 7.22. The van der Waals surface area contributed by atoms with E-state index in [9.17, 15) is 9.59 Å². The topological polar surface area (TPSA) is 92.4 Å². The van der Waals surface area contributed by atoms with Gasteiger partial charge in [-0.1, -0.05) is 20.8 Å². The molecular formula is C11H22N2O3. The van der Waals surface area contributed by atoms with Crippen LogP contribution < -0.4 is 11.1 Å². The van der Waals surface area contributed by atoms with Gasteiger partial charge in [0, 0.05) is 19.0 Å². The van der Waals surface area contributed by atoms with E-state index in [0.29, 0.717) is 6.42 Å². The van der Waals surface area contributed by atoms with Gasteiger partial charge in [-0.3, -0.25) is 9.59 Å². The van der Waals surface area contributed by atoms with E-state index in [1.54, 1.807) is 6.92 Å². The van der Waals surface area contributed by atoms with Gasteiger partial charge in [0.2, 0.25) is 5.91 Å². The minimum absolute atomic E-state index is 0.176. The Morgan fingerprint density at radius 3 is 2.31 bits per heavy atom. The largest absolute Gasteiger partial charge is 0.481 e. The van der Waals surface area contributed by atoms with Crippen molar-refractivity contribution in [1.82, 2.24) is 5.32 Å². The molecule has 0 aliphatic heterocycles. The van der Waals surface area contributed by atoms with Gasteiger partial charge in [-0.05, 0) is 12.3 Å². The summed E-state index contributed by atoms with van der Waals surface area (Å²) in [4.78, 5) is 22.1. The minimum Gasteiger partial charge on any atom is -0.481 e. The van der Waals surface area contributed by atoms with Gasteiger partial charge in [-0.25, -0.2) is 0 Å². The molecule has 0 aliphatic rings. The molecule has 0 rings (SSSR count). The van der Waals surface area contributed by atoms with Crippen molar-refractivity contribution < 1.29 is 14.7 Å². The summed E-state index contributed by atoms with van der Waals surface area (Å²) in [5.74, 6) is -1.33. The fourth-order valence-electron chi connectivity index (χ4n) is 1.17. The Balaban J connectivity index is 3.93. The van der Waals surface area contributed by atoms with Gasteiger partial charge >= 0.3 is 5.97 Å². The Bertz CT molecular complexity index is 241. The normalized spacial score (nSPS) is 14.6. The predicted octanol–water partition coefficient (Wildman–Crippen LogP) is 0.587. The van der Waals surface area contributed by atoms with Crippen molar-refractivity contribution in [2.45, 2.75) is 39.7 Å². The lowest BCUT2D eigenvalue weighted by Gasteiger charge is -2.16. The smallest absolute Gasteiger partial charge is 0.308 e. The first kappa shape index (κ1) is 14.9. The molecule has 0 radical (unpaired) electrons. The van der Waals surface area contributed by atoms with E-state index < -0.39 is 11.9 Å². The molecule has 0 fully saturated rings. The van der Waals surface area contributed by atoms with E-state index in [4.69, 9.17) is 10.8 Å². The van der Waals surface area contributed by atoms with Crippen molar-refractivity contribution in [3.8, 4) is 0 Å². The van der Waals surface area contributed by atoms with Crippen molar-refractivity contribution in [2.24, 2.45) is 17.6 Å². The molecule has 0 spiro atoms. The number of carboxylic acids is 1. The monoisotopic (exact) mass is 230 g/mol. The summed E-state index contributed by atoms with van der Waals surface area (Å²) in [5.41, 5.74) is 5.74. The molecule has 16 heavy (non-hydrogen) atoms. The van der Waals surface area contributed by atoms with Crippen molar-refractivity contribution in [3.05, 3.63) is 0 Å². The molecule has 0 aromatic rings. The van der Waals surface area contributed by atoms with Gasteiger partial charge in [0.15, 0.2) is 0 Å². The lowest BCUT2D eigenvalue weighted by atomic mass is 10.0. The highest BCUT2D eigenvalue weighted by atomic mass is 16.4. The van der Waals surface area contributed by atoms with E-state index in [2.05, 4.69) is 5.32 Å². The summed E-state index contributed by atoms with van der Waals surface area (Å²) in [6.07, 6.45) is 0.750. The molecule has 1 amide bonds. The summed E-state index contributed by atoms with van der Waals surface area (Å²) in [6, 6.07) is -0.176. The number of hydrogen-bond donors (Lipinski definition) is 3. The first-order valence-electron chi connectivity index (χ1n) is 5.63. The third-order valence-corrected chi connectivity index (χ3v) is 2.67. The highest BCUT2D eigenvalue weighted by Gasteiger charge is 2.17. The van der Waals surface area contributed by atoms with Gasteiger partial charge in [-0.2, -0.15) is 0 Å². The molecular weight excluding hydrogens is 208 g/mol. The molecule has 0 aromatic carbocycles. The number of rotatable bonds is 7. The Morgan fingerprint density at radius 2 is 1.94 bits per heavy atom. The maximum absolute atomic E-state index is 11.4. The molecule has 0 aromatic heterocycles. The molecule has 2 unspecified atom stereocenters. The van der Waals surface area contributed by atoms with Crippen LogP contribution in [0.2, 0.25) is 0 Å². The molecule has 5 heteroatoms. The van der Waals surface area contributed by atoms with Crippen LogP contribution in [-0.2, 0) is 9.59 Å². The number of carbonyl (C=O) groups is 2. The molecule has 0 bridgehead atoms. The first-order valence-corrected chi connectivity index (χ1v) is 5.63. The zero-order chi connectivity index (χ0) is 12.7. The first-order chi connectivity index (χ1) is 7.38. The molecule has 2 atom stereocenters.